The maximum absolute atomic E-state index is 12.6. The van der Waals surface area contributed by atoms with Crippen molar-refractivity contribution in [2.45, 2.75) is 20.4 Å². The van der Waals surface area contributed by atoms with Crippen LogP contribution in [0.15, 0.2) is 54.6 Å². The lowest BCUT2D eigenvalue weighted by Gasteiger charge is -2.35. The number of carbonyl (C=O) groups excluding carboxylic acids is 1. The molecule has 0 aliphatic carbocycles. The van der Waals surface area contributed by atoms with Gasteiger partial charge in [-0.15, -0.1) is 5.10 Å². The fourth-order valence-corrected chi connectivity index (χ4v) is 4.49. The molecule has 0 unspecified atom stereocenters. The molecule has 34 heavy (non-hydrogen) atoms. The number of hydrogen-bond acceptors (Lipinski definition) is 5. The molecule has 5 rings (SSSR count). The predicted octanol–water partition coefficient (Wildman–Crippen LogP) is 4.12. The van der Waals surface area contributed by atoms with Gasteiger partial charge in [-0.1, -0.05) is 41.9 Å². The van der Waals surface area contributed by atoms with Crippen LogP contribution in [0.5, 0.6) is 0 Å². The zero-order valence-corrected chi connectivity index (χ0v) is 20.0. The van der Waals surface area contributed by atoms with E-state index >= 15 is 0 Å². The van der Waals surface area contributed by atoms with Gasteiger partial charge in [0.05, 0.1) is 22.5 Å². The second-order valence-electron chi connectivity index (χ2n) is 8.42. The van der Waals surface area contributed by atoms with Crippen molar-refractivity contribution < 1.29 is 4.79 Å². The summed E-state index contributed by atoms with van der Waals surface area (Å²) in [5.41, 5.74) is 4.68. The molecule has 1 aliphatic rings. The zero-order valence-electron chi connectivity index (χ0n) is 19.2. The van der Waals surface area contributed by atoms with E-state index in [1.165, 1.54) is 0 Å². The molecule has 0 atom stereocenters. The molecule has 0 saturated carbocycles. The molecule has 174 valence electrons. The Morgan fingerprint density at radius 1 is 0.971 bits per heavy atom. The molecule has 2 aromatic carbocycles. The Bertz CT molecular complexity index is 1310. The van der Waals surface area contributed by atoms with Crippen molar-refractivity contribution in [3.05, 3.63) is 76.6 Å². The number of nitrogens with one attached hydrogen (secondary N) is 1. The average molecular weight is 476 g/mol. The van der Waals surface area contributed by atoms with Gasteiger partial charge in [0.1, 0.15) is 5.52 Å². The Kier molecular flexibility index (Phi) is 6.06. The van der Waals surface area contributed by atoms with E-state index in [2.05, 4.69) is 20.4 Å². The number of anilines is 1. The molecule has 1 aliphatic heterocycles. The van der Waals surface area contributed by atoms with Crippen molar-refractivity contribution in [3.8, 4) is 5.69 Å². The number of amides is 2. The van der Waals surface area contributed by atoms with Crippen LogP contribution in [0.1, 0.15) is 17.0 Å². The SMILES string of the molecule is Cc1nnc(N2CCN(C(=O)NCc3ccccc3)CC2)c2nn(-c3ccc(Cl)cc3)c(C)c12. The quantitative estimate of drug-likeness (QED) is 0.480. The fourth-order valence-electron chi connectivity index (χ4n) is 4.37. The highest BCUT2D eigenvalue weighted by Crippen LogP contribution is 2.30. The second-order valence-corrected chi connectivity index (χ2v) is 8.86. The number of piperazine rings is 1. The lowest BCUT2D eigenvalue weighted by molar-refractivity contribution is 0.194. The molecule has 1 saturated heterocycles. The van der Waals surface area contributed by atoms with Gasteiger partial charge in [-0.3, -0.25) is 0 Å². The van der Waals surface area contributed by atoms with Crippen LogP contribution in [0.25, 0.3) is 16.6 Å². The van der Waals surface area contributed by atoms with E-state index in [-0.39, 0.29) is 6.03 Å². The summed E-state index contributed by atoms with van der Waals surface area (Å²) in [4.78, 5) is 16.6. The summed E-state index contributed by atoms with van der Waals surface area (Å²) in [5.74, 6) is 0.751. The van der Waals surface area contributed by atoms with Gasteiger partial charge >= 0.3 is 6.03 Å². The monoisotopic (exact) mass is 475 g/mol. The van der Waals surface area contributed by atoms with Crippen molar-refractivity contribution in [2.24, 2.45) is 0 Å². The summed E-state index contributed by atoms with van der Waals surface area (Å²) in [6, 6.07) is 17.5. The minimum atomic E-state index is -0.0495. The number of benzene rings is 2. The number of aromatic nitrogens is 4. The lowest BCUT2D eigenvalue weighted by atomic mass is 10.2. The Hall–Kier alpha value is -3.65. The van der Waals surface area contributed by atoms with E-state index in [0.717, 1.165) is 39.4 Å². The zero-order chi connectivity index (χ0) is 23.7. The van der Waals surface area contributed by atoms with Crippen molar-refractivity contribution in [1.82, 2.24) is 30.2 Å². The van der Waals surface area contributed by atoms with E-state index < -0.39 is 0 Å². The van der Waals surface area contributed by atoms with Crippen LogP contribution in [0.2, 0.25) is 5.02 Å². The minimum Gasteiger partial charge on any atom is -0.350 e. The van der Waals surface area contributed by atoms with Gasteiger partial charge in [0, 0.05) is 37.7 Å². The number of hydrogen-bond donors (Lipinski definition) is 1. The predicted molar refractivity (Wildman–Crippen MR) is 134 cm³/mol. The Labute approximate surface area is 203 Å². The molecule has 9 heteroatoms. The Morgan fingerprint density at radius 3 is 2.38 bits per heavy atom. The summed E-state index contributed by atoms with van der Waals surface area (Å²) >= 11 is 6.07. The number of halogens is 1. The highest BCUT2D eigenvalue weighted by Gasteiger charge is 2.26. The standard InChI is InChI=1S/C25H26ClN7O/c1-17-22-18(2)33(21-10-8-20(26)9-11-21)30-23(22)24(29-28-17)31-12-14-32(15-13-31)25(34)27-16-19-6-4-3-5-7-19/h3-11H,12-16H2,1-2H3,(H,27,34). The molecule has 2 amide bonds. The van der Waals surface area contributed by atoms with Crippen LogP contribution in [0, 0.1) is 13.8 Å². The molecule has 1 N–H and O–H groups in total. The third kappa shape index (κ3) is 4.28. The Morgan fingerprint density at radius 2 is 1.68 bits per heavy atom. The number of urea groups is 1. The minimum absolute atomic E-state index is 0.0495. The van der Waals surface area contributed by atoms with Crippen molar-refractivity contribution >= 4 is 34.4 Å². The van der Waals surface area contributed by atoms with Crippen LogP contribution >= 0.6 is 11.6 Å². The maximum atomic E-state index is 12.6. The van der Waals surface area contributed by atoms with E-state index in [9.17, 15) is 4.79 Å². The highest BCUT2D eigenvalue weighted by molar-refractivity contribution is 6.30. The second kappa shape index (κ2) is 9.30. The van der Waals surface area contributed by atoms with Crippen LogP contribution in [-0.4, -0.2) is 57.1 Å². The van der Waals surface area contributed by atoms with Crippen molar-refractivity contribution in [2.75, 3.05) is 31.1 Å². The number of rotatable bonds is 4. The molecule has 2 aromatic heterocycles. The summed E-state index contributed by atoms with van der Waals surface area (Å²) in [6.07, 6.45) is 0. The molecule has 4 aromatic rings. The van der Waals surface area contributed by atoms with Gasteiger partial charge in [0.25, 0.3) is 0 Å². The Balaban J connectivity index is 1.33. The summed E-state index contributed by atoms with van der Waals surface area (Å²) in [6.45, 7) is 7.05. The summed E-state index contributed by atoms with van der Waals surface area (Å²) < 4.78 is 1.91. The number of nitrogens with zero attached hydrogens (tertiary/aromatic N) is 6. The van der Waals surface area contributed by atoms with Gasteiger partial charge in [0.15, 0.2) is 5.82 Å². The molecule has 3 heterocycles. The van der Waals surface area contributed by atoms with Gasteiger partial charge in [-0.25, -0.2) is 9.48 Å². The van der Waals surface area contributed by atoms with Crippen LogP contribution < -0.4 is 10.2 Å². The average Bonchev–Trinajstić information content (AvgIpc) is 3.22. The molecular weight excluding hydrogens is 450 g/mol. The van der Waals surface area contributed by atoms with E-state index in [4.69, 9.17) is 16.7 Å². The van der Waals surface area contributed by atoms with E-state index in [1.54, 1.807) is 0 Å². The first-order valence-electron chi connectivity index (χ1n) is 11.3. The third-order valence-corrected chi connectivity index (χ3v) is 6.46. The molecule has 0 bridgehead atoms. The molecule has 0 radical (unpaired) electrons. The normalized spacial score (nSPS) is 14.0. The van der Waals surface area contributed by atoms with Gasteiger partial charge in [-0.2, -0.15) is 10.2 Å². The van der Waals surface area contributed by atoms with E-state index in [1.807, 2.05) is 78.0 Å². The first-order chi connectivity index (χ1) is 16.5. The summed E-state index contributed by atoms with van der Waals surface area (Å²) in [7, 11) is 0. The van der Waals surface area contributed by atoms with Gasteiger partial charge in [-0.05, 0) is 43.7 Å². The van der Waals surface area contributed by atoms with E-state index in [0.29, 0.717) is 37.7 Å². The summed E-state index contributed by atoms with van der Waals surface area (Å²) in [5, 5.41) is 18.5. The molecule has 8 nitrogen and oxygen atoms in total. The topological polar surface area (TPSA) is 79.2 Å². The van der Waals surface area contributed by atoms with Crippen LogP contribution in [-0.2, 0) is 6.54 Å². The van der Waals surface area contributed by atoms with Gasteiger partial charge in [0.2, 0.25) is 0 Å². The first kappa shape index (κ1) is 22.2. The van der Waals surface area contributed by atoms with Crippen molar-refractivity contribution in [1.29, 1.82) is 0 Å². The first-order valence-corrected chi connectivity index (χ1v) is 11.7. The molecule has 0 spiro atoms. The number of fused-ring (bicyclic) bond motifs is 1. The number of aryl methyl sites for hydroxylation is 2. The lowest BCUT2D eigenvalue weighted by Crippen LogP contribution is -2.52. The van der Waals surface area contributed by atoms with Crippen LogP contribution in [0.3, 0.4) is 0 Å². The van der Waals surface area contributed by atoms with Crippen LogP contribution in [0.4, 0.5) is 10.6 Å². The third-order valence-electron chi connectivity index (χ3n) is 6.21. The highest BCUT2D eigenvalue weighted by atomic mass is 35.5. The molecule has 1 fully saturated rings. The molecular formula is C25H26ClN7O. The van der Waals surface area contributed by atoms with Gasteiger partial charge < -0.3 is 15.1 Å². The maximum Gasteiger partial charge on any atom is 0.317 e. The largest absolute Gasteiger partial charge is 0.350 e. The fraction of sp³-hybridized carbons (Fsp3) is 0.280. The smallest absolute Gasteiger partial charge is 0.317 e. The number of carbonyl (C=O) groups is 1. The van der Waals surface area contributed by atoms with Crippen molar-refractivity contribution in [3.63, 3.8) is 0 Å².